The van der Waals surface area contributed by atoms with Crippen LogP contribution in [-0.4, -0.2) is 47.0 Å². The highest BCUT2D eigenvalue weighted by molar-refractivity contribution is 5.78. The van der Waals surface area contributed by atoms with Gasteiger partial charge in [0.1, 0.15) is 0 Å². The number of carbonyl (C=O) groups is 1. The number of carbonyl (C=O) groups excluding carboxylic acids is 1. The lowest BCUT2D eigenvalue weighted by molar-refractivity contribution is -0.121. The molecule has 7 nitrogen and oxygen atoms in total. The van der Waals surface area contributed by atoms with Gasteiger partial charge in [-0.15, -0.1) is 0 Å². The van der Waals surface area contributed by atoms with Gasteiger partial charge >= 0.3 is 5.69 Å². The molecule has 2 atom stereocenters. The molecule has 0 unspecified atom stereocenters. The summed E-state index contributed by atoms with van der Waals surface area (Å²) in [6.45, 7) is 6.07. The van der Waals surface area contributed by atoms with Crippen molar-refractivity contribution in [3.63, 3.8) is 0 Å². The van der Waals surface area contributed by atoms with Crippen LogP contribution in [-0.2, 0) is 11.2 Å². The van der Waals surface area contributed by atoms with Gasteiger partial charge in [0.25, 0.3) is 5.56 Å². The third-order valence-corrected chi connectivity index (χ3v) is 4.00. The summed E-state index contributed by atoms with van der Waals surface area (Å²) in [7, 11) is 2.04. The summed E-state index contributed by atoms with van der Waals surface area (Å²) in [5, 5.41) is 3.01. The lowest BCUT2D eigenvalue weighted by atomic mass is 9.91. The van der Waals surface area contributed by atoms with E-state index in [2.05, 4.69) is 34.0 Å². The molecule has 116 valence electrons. The third kappa shape index (κ3) is 3.81. The van der Waals surface area contributed by atoms with E-state index in [1.165, 1.54) is 6.20 Å². The maximum Gasteiger partial charge on any atom is 0.325 e. The van der Waals surface area contributed by atoms with Gasteiger partial charge in [-0.25, -0.2) is 4.79 Å². The second-order valence-electron chi connectivity index (χ2n) is 6.08. The number of nitrogens with zero attached hydrogens (tertiary/aromatic N) is 1. The van der Waals surface area contributed by atoms with E-state index in [9.17, 15) is 14.4 Å². The standard InChI is InChI=1S/C14H22N4O3/c1-8(2)10-6-18(3)7-11(10)16-12(19)4-9-5-15-14(21)17-13(9)20/h5,8,10-11H,4,6-7H2,1-3H3,(H,16,19)(H2,15,17,20,21)/t10-,11+/m1/s1. The molecule has 0 saturated carbocycles. The Balaban J connectivity index is 2.01. The largest absolute Gasteiger partial charge is 0.351 e. The van der Waals surface area contributed by atoms with E-state index >= 15 is 0 Å². The first kappa shape index (κ1) is 15.5. The van der Waals surface area contributed by atoms with Crippen molar-refractivity contribution in [3.8, 4) is 0 Å². The second-order valence-corrected chi connectivity index (χ2v) is 6.08. The topological polar surface area (TPSA) is 98.1 Å². The van der Waals surface area contributed by atoms with Crippen LogP contribution >= 0.6 is 0 Å². The van der Waals surface area contributed by atoms with E-state index in [0.717, 1.165) is 13.1 Å². The number of hydrogen-bond donors (Lipinski definition) is 3. The predicted molar refractivity (Wildman–Crippen MR) is 79.1 cm³/mol. The van der Waals surface area contributed by atoms with Crippen LogP contribution < -0.4 is 16.6 Å². The summed E-state index contributed by atoms with van der Waals surface area (Å²) in [5.74, 6) is 0.697. The van der Waals surface area contributed by atoms with Crippen molar-refractivity contribution in [2.75, 3.05) is 20.1 Å². The van der Waals surface area contributed by atoms with Crippen LogP contribution in [0.4, 0.5) is 0 Å². The molecule has 1 saturated heterocycles. The first-order valence-electron chi connectivity index (χ1n) is 7.15. The molecule has 1 aromatic heterocycles. The molecule has 3 N–H and O–H groups in total. The summed E-state index contributed by atoms with van der Waals surface area (Å²) in [6, 6.07) is 0.101. The van der Waals surface area contributed by atoms with Crippen LogP contribution in [0.2, 0.25) is 0 Å². The fourth-order valence-corrected chi connectivity index (χ4v) is 2.86. The van der Waals surface area contributed by atoms with Gasteiger partial charge < -0.3 is 15.2 Å². The number of H-pyrrole nitrogens is 2. The van der Waals surface area contributed by atoms with Crippen LogP contribution in [0, 0.1) is 11.8 Å². The smallest absolute Gasteiger partial charge is 0.325 e. The number of nitrogens with one attached hydrogen (secondary N) is 3. The van der Waals surface area contributed by atoms with Crippen molar-refractivity contribution >= 4 is 5.91 Å². The lowest BCUT2D eigenvalue weighted by Gasteiger charge is -2.23. The maximum atomic E-state index is 12.1. The average Bonchev–Trinajstić information content (AvgIpc) is 2.74. The highest BCUT2D eigenvalue weighted by Crippen LogP contribution is 2.23. The molecular weight excluding hydrogens is 272 g/mol. The Hall–Kier alpha value is -1.89. The van der Waals surface area contributed by atoms with Gasteiger partial charge in [0.2, 0.25) is 5.91 Å². The fraction of sp³-hybridized carbons (Fsp3) is 0.643. The Morgan fingerprint density at radius 3 is 2.76 bits per heavy atom. The lowest BCUT2D eigenvalue weighted by Crippen LogP contribution is -2.43. The van der Waals surface area contributed by atoms with Crippen molar-refractivity contribution in [2.45, 2.75) is 26.3 Å². The third-order valence-electron chi connectivity index (χ3n) is 4.00. The summed E-state index contributed by atoms with van der Waals surface area (Å²) >= 11 is 0. The Morgan fingerprint density at radius 2 is 2.14 bits per heavy atom. The Labute approximate surface area is 122 Å². The van der Waals surface area contributed by atoms with Crippen LogP contribution in [0.15, 0.2) is 15.8 Å². The van der Waals surface area contributed by atoms with Crippen LogP contribution in [0.1, 0.15) is 19.4 Å². The van der Waals surface area contributed by atoms with Gasteiger partial charge in [0.05, 0.1) is 6.42 Å². The minimum atomic E-state index is -0.568. The molecule has 0 spiro atoms. The normalized spacial score (nSPS) is 22.7. The molecule has 1 aliphatic heterocycles. The molecule has 0 bridgehead atoms. The molecule has 1 fully saturated rings. The van der Waals surface area contributed by atoms with E-state index in [0.29, 0.717) is 11.8 Å². The molecule has 1 aliphatic rings. The van der Waals surface area contributed by atoms with E-state index in [1.54, 1.807) is 0 Å². The van der Waals surface area contributed by atoms with Gasteiger partial charge in [-0.1, -0.05) is 13.8 Å². The molecular formula is C14H22N4O3. The van der Waals surface area contributed by atoms with E-state index in [1.807, 2.05) is 7.05 Å². The molecule has 0 aromatic carbocycles. The average molecular weight is 294 g/mol. The van der Waals surface area contributed by atoms with Gasteiger partial charge in [-0.3, -0.25) is 14.6 Å². The zero-order valence-corrected chi connectivity index (χ0v) is 12.6. The number of aromatic amines is 2. The Bertz CT molecular complexity index is 619. The van der Waals surface area contributed by atoms with Gasteiger partial charge in [0.15, 0.2) is 0 Å². The van der Waals surface area contributed by atoms with Gasteiger partial charge in [-0.2, -0.15) is 0 Å². The Morgan fingerprint density at radius 1 is 1.43 bits per heavy atom. The van der Waals surface area contributed by atoms with Crippen LogP contribution in [0.25, 0.3) is 0 Å². The summed E-state index contributed by atoms with van der Waals surface area (Å²) < 4.78 is 0. The van der Waals surface area contributed by atoms with Crippen molar-refractivity contribution < 1.29 is 4.79 Å². The SMILES string of the molecule is CC(C)[C@H]1CN(C)C[C@@H]1NC(=O)Cc1c[nH]c(=O)[nH]c1=O. The monoisotopic (exact) mass is 294 g/mol. The quantitative estimate of drug-likeness (QED) is 0.684. The molecule has 2 heterocycles. The molecule has 2 rings (SSSR count). The van der Waals surface area contributed by atoms with E-state index in [-0.39, 0.29) is 23.9 Å². The molecule has 1 aromatic rings. The summed E-state index contributed by atoms with van der Waals surface area (Å²) in [5.41, 5.74) is -0.821. The van der Waals surface area contributed by atoms with Crippen molar-refractivity contribution in [2.24, 2.45) is 11.8 Å². The minimum absolute atomic E-state index is 0.0306. The highest BCUT2D eigenvalue weighted by atomic mass is 16.2. The van der Waals surface area contributed by atoms with Crippen molar-refractivity contribution in [3.05, 3.63) is 32.6 Å². The zero-order chi connectivity index (χ0) is 15.6. The van der Waals surface area contributed by atoms with E-state index < -0.39 is 11.2 Å². The molecule has 7 heteroatoms. The minimum Gasteiger partial charge on any atom is -0.351 e. The number of rotatable bonds is 4. The molecule has 1 amide bonds. The van der Waals surface area contributed by atoms with Crippen molar-refractivity contribution in [1.82, 2.24) is 20.2 Å². The number of hydrogen-bond acceptors (Lipinski definition) is 4. The Kier molecular flexibility index (Phi) is 4.62. The second kappa shape index (κ2) is 6.26. The molecule has 0 aliphatic carbocycles. The summed E-state index contributed by atoms with van der Waals surface area (Å²) in [6.07, 6.45) is 1.26. The molecule has 21 heavy (non-hydrogen) atoms. The summed E-state index contributed by atoms with van der Waals surface area (Å²) in [4.78, 5) is 41.3. The van der Waals surface area contributed by atoms with Crippen LogP contribution in [0.3, 0.4) is 0 Å². The number of likely N-dealkylation sites (tertiary alicyclic amines) is 1. The van der Waals surface area contributed by atoms with Gasteiger partial charge in [-0.05, 0) is 18.9 Å². The molecule has 0 radical (unpaired) electrons. The van der Waals surface area contributed by atoms with Crippen LogP contribution in [0.5, 0.6) is 0 Å². The predicted octanol–water partition coefficient (Wildman–Crippen LogP) is -0.692. The number of amides is 1. The highest BCUT2D eigenvalue weighted by Gasteiger charge is 2.33. The zero-order valence-electron chi connectivity index (χ0n) is 12.6. The number of aromatic nitrogens is 2. The van der Waals surface area contributed by atoms with Crippen molar-refractivity contribution in [1.29, 1.82) is 0 Å². The van der Waals surface area contributed by atoms with E-state index in [4.69, 9.17) is 0 Å². The first-order valence-corrected chi connectivity index (χ1v) is 7.15. The fourth-order valence-electron chi connectivity index (χ4n) is 2.86. The number of likely N-dealkylation sites (N-methyl/N-ethyl adjacent to an activating group) is 1. The first-order chi connectivity index (χ1) is 9.86. The maximum absolute atomic E-state index is 12.1. The van der Waals surface area contributed by atoms with Gasteiger partial charge in [0, 0.05) is 30.9 Å².